The summed E-state index contributed by atoms with van der Waals surface area (Å²) < 4.78 is 4.85. The SMILES string of the molecule is CCNc1ccncc1C(=O)NCCc1ncno1. The first kappa shape index (κ1) is 13.0. The average molecular weight is 261 g/mol. The van der Waals surface area contributed by atoms with Gasteiger partial charge in [-0.1, -0.05) is 5.16 Å². The van der Waals surface area contributed by atoms with Crippen molar-refractivity contribution in [2.75, 3.05) is 18.4 Å². The van der Waals surface area contributed by atoms with Crippen molar-refractivity contribution in [1.82, 2.24) is 20.4 Å². The molecule has 0 atom stereocenters. The average Bonchev–Trinajstić information content (AvgIpc) is 2.93. The van der Waals surface area contributed by atoms with Crippen LogP contribution in [0.1, 0.15) is 23.2 Å². The molecule has 0 aromatic carbocycles. The fourth-order valence-electron chi connectivity index (χ4n) is 1.60. The van der Waals surface area contributed by atoms with E-state index in [1.165, 1.54) is 6.33 Å². The zero-order valence-electron chi connectivity index (χ0n) is 10.6. The molecule has 0 aliphatic heterocycles. The highest BCUT2D eigenvalue weighted by atomic mass is 16.5. The second kappa shape index (κ2) is 6.48. The van der Waals surface area contributed by atoms with Crippen molar-refractivity contribution in [3.63, 3.8) is 0 Å². The standard InChI is InChI=1S/C12H15N5O2/c1-2-14-10-3-5-13-7-9(10)12(18)15-6-4-11-16-8-17-19-11/h3,5,7-8H,2,4,6H2,1H3,(H,13,14)(H,15,18). The summed E-state index contributed by atoms with van der Waals surface area (Å²) in [7, 11) is 0. The van der Waals surface area contributed by atoms with Gasteiger partial charge in [-0.15, -0.1) is 0 Å². The largest absolute Gasteiger partial charge is 0.385 e. The summed E-state index contributed by atoms with van der Waals surface area (Å²) in [4.78, 5) is 19.9. The number of carbonyl (C=O) groups is 1. The summed E-state index contributed by atoms with van der Waals surface area (Å²) in [6.07, 6.45) is 5.03. The van der Waals surface area contributed by atoms with Crippen molar-refractivity contribution in [3.05, 3.63) is 36.2 Å². The van der Waals surface area contributed by atoms with Gasteiger partial charge in [-0.05, 0) is 13.0 Å². The van der Waals surface area contributed by atoms with E-state index >= 15 is 0 Å². The lowest BCUT2D eigenvalue weighted by Gasteiger charge is -2.09. The van der Waals surface area contributed by atoms with Gasteiger partial charge in [0.15, 0.2) is 6.33 Å². The van der Waals surface area contributed by atoms with Gasteiger partial charge in [0.2, 0.25) is 5.89 Å². The van der Waals surface area contributed by atoms with Crippen LogP contribution in [-0.2, 0) is 6.42 Å². The predicted octanol–water partition coefficient (Wildman–Crippen LogP) is 0.869. The van der Waals surface area contributed by atoms with Crippen LogP contribution in [0.3, 0.4) is 0 Å². The van der Waals surface area contributed by atoms with E-state index in [-0.39, 0.29) is 5.91 Å². The van der Waals surface area contributed by atoms with Crippen LogP contribution in [0, 0.1) is 0 Å². The third kappa shape index (κ3) is 3.51. The molecule has 0 saturated heterocycles. The molecule has 2 aromatic rings. The number of amides is 1. The molecular weight excluding hydrogens is 246 g/mol. The Balaban J connectivity index is 1.92. The van der Waals surface area contributed by atoms with E-state index < -0.39 is 0 Å². The van der Waals surface area contributed by atoms with Crippen molar-refractivity contribution in [3.8, 4) is 0 Å². The third-order valence-corrected chi connectivity index (χ3v) is 2.46. The molecule has 0 radical (unpaired) electrons. The molecule has 0 aliphatic rings. The van der Waals surface area contributed by atoms with Gasteiger partial charge >= 0.3 is 0 Å². The van der Waals surface area contributed by atoms with Crippen LogP contribution in [0.15, 0.2) is 29.3 Å². The van der Waals surface area contributed by atoms with Crippen LogP contribution in [0.25, 0.3) is 0 Å². The van der Waals surface area contributed by atoms with Gasteiger partial charge in [0.25, 0.3) is 5.91 Å². The Morgan fingerprint density at radius 2 is 2.37 bits per heavy atom. The minimum absolute atomic E-state index is 0.177. The maximum atomic E-state index is 12.0. The van der Waals surface area contributed by atoms with E-state index in [0.29, 0.717) is 24.4 Å². The molecular formula is C12H15N5O2. The minimum atomic E-state index is -0.177. The number of rotatable bonds is 6. The maximum Gasteiger partial charge on any atom is 0.254 e. The van der Waals surface area contributed by atoms with Gasteiger partial charge in [0.1, 0.15) is 0 Å². The quantitative estimate of drug-likeness (QED) is 0.801. The molecule has 1 amide bonds. The normalized spacial score (nSPS) is 10.2. The summed E-state index contributed by atoms with van der Waals surface area (Å²) in [5.74, 6) is 0.321. The Hall–Kier alpha value is -2.44. The van der Waals surface area contributed by atoms with Crippen LogP contribution in [0.4, 0.5) is 5.69 Å². The second-order valence-corrected chi connectivity index (χ2v) is 3.79. The van der Waals surface area contributed by atoms with E-state index in [1.54, 1.807) is 18.5 Å². The lowest BCUT2D eigenvalue weighted by molar-refractivity contribution is 0.0954. The van der Waals surface area contributed by atoms with Crippen LogP contribution < -0.4 is 10.6 Å². The maximum absolute atomic E-state index is 12.0. The first-order chi connectivity index (χ1) is 9.31. The Labute approximate surface area is 110 Å². The molecule has 2 rings (SSSR count). The summed E-state index contributed by atoms with van der Waals surface area (Å²) in [5, 5.41) is 9.41. The Kier molecular flexibility index (Phi) is 4.44. The van der Waals surface area contributed by atoms with Crippen molar-refractivity contribution >= 4 is 11.6 Å². The van der Waals surface area contributed by atoms with Crippen molar-refractivity contribution in [2.45, 2.75) is 13.3 Å². The molecule has 2 aromatic heterocycles. The number of anilines is 1. The van der Waals surface area contributed by atoms with Gasteiger partial charge in [-0.25, -0.2) is 0 Å². The van der Waals surface area contributed by atoms with Crippen LogP contribution in [-0.4, -0.2) is 34.1 Å². The number of hydrogen-bond donors (Lipinski definition) is 2. The zero-order chi connectivity index (χ0) is 13.5. The van der Waals surface area contributed by atoms with Crippen molar-refractivity contribution < 1.29 is 9.32 Å². The summed E-state index contributed by atoms with van der Waals surface area (Å²) >= 11 is 0. The van der Waals surface area contributed by atoms with E-state index in [1.807, 2.05) is 6.92 Å². The highest BCUT2D eigenvalue weighted by molar-refractivity contribution is 5.99. The van der Waals surface area contributed by atoms with E-state index in [4.69, 9.17) is 4.52 Å². The number of nitrogens with zero attached hydrogens (tertiary/aromatic N) is 3. The van der Waals surface area contributed by atoms with Gasteiger partial charge in [-0.3, -0.25) is 9.78 Å². The van der Waals surface area contributed by atoms with Crippen LogP contribution in [0.2, 0.25) is 0 Å². The molecule has 0 fully saturated rings. The smallest absolute Gasteiger partial charge is 0.254 e. The molecule has 0 spiro atoms. The molecule has 0 unspecified atom stereocenters. The first-order valence-electron chi connectivity index (χ1n) is 6.03. The van der Waals surface area contributed by atoms with Crippen molar-refractivity contribution in [2.24, 2.45) is 0 Å². The number of carbonyl (C=O) groups excluding carboxylic acids is 1. The topological polar surface area (TPSA) is 92.9 Å². The fraction of sp³-hybridized carbons (Fsp3) is 0.333. The van der Waals surface area contributed by atoms with Gasteiger partial charge in [-0.2, -0.15) is 4.98 Å². The highest BCUT2D eigenvalue weighted by Gasteiger charge is 2.10. The van der Waals surface area contributed by atoms with E-state index in [9.17, 15) is 4.79 Å². The molecule has 2 N–H and O–H groups in total. The third-order valence-electron chi connectivity index (χ3n) is 2.46. The van der Waals surface area contributed by atoms with Crippen molar-refractivity contribution in [1.29, 1.82) is 0 Å². The summed E-state index contributed by atoms with van der Waals surface area (Å²) in [5.41, 5.74) is 1.29. The first-order valence-corrected chi connectivity index (χ1v) is 6.03. The molecule has 0 bridgehead atoms. The fourth-order valence-corrected chi connectivity index (χ4v) is 1.60. The molecule has 2 heterocycles. The number of aromatic nitrogens is 3. The lowest BCUT2D eigenvalue weighted by Crippen LogP contribution is -2.26. The summed E-state index contributed by atoms with van der Waals surface area (Å²) in [6, 6.07) is 1.77. The molecule has 0 aliphatic carbocycles. The zero-order valence-corrected chi connectivity index (χ0v) is 10.6. The minimum Gasteiger partial charge on any atom is -0.385 e. The van der Waals surface area contributed by atoms with Crippen LogP contribution >= 0.6 is 0 Å². The molecule has 7 heteroatoms. The lowest BCUT2D eigenvalue weighted by atomic mass is 10.2. The predicted molar refractivity (Wildman–Crippen MR) is 68.7 cm³/mol. The highest BCUT2D eigenvalue weighted by Crippen LogP contribution is 2.12. The van der Waals surface area contributed by atoms with Gasteiger partial charge in [0, 0.05) is 31.9 Å². The van der Waals surface area contributed by atoms with Gasteiger partial charge < -0.3 is 15.2 Å². The molecule has 7 nitrogen and oxygen atoms in total. The number of pyridine rings is 1. The second-order valence-electron chi connectivity index (χ2n) is 3.79. The number of nitrogens with one attached hydrogen (secondary N) is 2. The molecule has 100 valence electrons. The number of hydrogen-bond acceptors (Lipinski definition) is 6. The van der Waals surface area contributed by atoms with Gasteiger partial charge in [0.05, 0.1) is 11.3 Å². The monoisotopic (exact) mass is 261 g/mol. The molecule has 19 heavy (non-hydrogen) atoms. The summed E-state index contributed by atoms with van der Waals surface area (Å²) in [6.45, 7) is 3.14. The van der Waals surface area contributed by atoms with E-state index in [0.717, 1.165) is 12.2 Å². The van der Waals surface area contributed by atoms with Crippen LogP contribution in [0.5, 0.6) is 0 Å². The Morgan fingerprint density at radius 1 is 1.47 bits per heavy atom. The molecule has 0 saturated carbocycles. The Bertz CT molecular complexity index is 527. The Morgan fingerprint density at radius 3 is 3.11 bits per heavy atom. The van der Waals surface area contributed by atoms with E-state index in [2.05, 4.69) is 25.8 Å².